The van der Waals surface area contributed by atoms with E-state index < -0.39 is 18.2 Å². The van der Waals surface area contributed by atoms with Crippen LogP contribution >= 0.6 is 0 Å². The summed E-state index contributed by atoms with van der Waals surface area (Å²) in [7, 11) is 1.36. The van der Waals surface area contributed by atoms with E-state index in [9.17, 15) is 9.59 Å². The standard InChI is InChI=1S/C21H26O5/c1-13-5-18(26-19(13)22)25-12-17(20(23)24-2)3-4-21-9-14-6-15(10-21)8-16(7-14)11-21/h3-5,12,14-16,18H,6-11H2,1-2H3/b4-3+,17-12+. The monoisotopic (exact) mass is 358 g/mol. The molecule has 0 aromatic rings. The topological polar surface area (TPSA) is 61.8 Å². The fourth-order valence-electron chi connectivity index (χ4n) is 5.63. The molecular formula is C21H26O5. The molecule has 4 aliphatic carbocycles. The predicted molar refractivity (Wildman–Crippen MR) is 94.6 cm³/mol. The van der Waals surface area contributed by atoms with Crippen LogP contribution < -0.4 is 0 Å². The van der Waals surface area contributed by atoms with E-state index in [2.05, 4.69) is 6.08 Å². The van der Waals surface area contributed by atoms with E-state index in [0.29, 0.717) is 11.1 Å². The van der Waals surface area contributed by atoms with Gasteiger partial charge in [0.15, 0.2) is 0 Å². The van der Waals surface area contributed by atoms with Gasteiger partial charge in [-0.2, -0.15) is 0 Å². The number of ether oxygens (including phenoxy) is 3. The smallest absolute Gasteiger partial charge is 0.340 e. The van der Waals surface area contributed by atoms with Crippen molar-refractivity contribution in [3.63, 3.8) is 0 Å². The van der Waals surface area contributed by atoms with Crippen LogP contribution in [-0.2, 0) is 23.8 Å². The summed E-state index contributed by atoms with van der Waals surface area (Å²) in [5, 5.41) is 0. The van der Waals surface area contributed by atoms with Crippen molar-refractivity contribution >= 4 is 11.9 Å². The van der Waals surface area contributed by atoms with Crippen molar-refractivity contribution in [3.8, 4) is 0 Å². The zero-order valence-corrected chi connectivity index (χ0v) is 15.4. The van der Waals surface area contributed by atoms with Crippen LogP contribution in [0.2, 0.25) is 0 Å². The zero-order chi connectivity index (χ0) is 18.3. The zero-order valence-electron chi connectivity index (χ0n) is 15.4. The maximum absolute atomic E-state index is 12.1. The van der Waals surface area contributed by atoms with Crippen LogP contribution in [0.25, 0.3) is 0 Å². The van der Waals surface area contributed by atoms with Crippen molar-refractivity contribution in [2.75, 3.05) is 7.11 Å². The number of methoxy groups -OCH3 is 1. The first-order valence-corrected chi connectivity index (χ1v) is 9.49. The molecule has 0 N–H and O–H groups in total. The van der Waals surface area contributed by atoms with E-state index in [1.54, 1.807) is 13.0 Å². The van der Waals surface area contributed by atoms with Crippen LogP contribution in [0.4, 0.5) is 0 Å². The van der Waals surface area contributed by atoms with E-state index in [1.165, 1.54) is 51.9 Å². The summed E-state index contributed by atoms with van der Waals surface area (Å²) in [5.74, 6) is 1.69. The second-order valence-corrected chi connectivity index (χ2v) is 8.44. The molecule has 4 bridgehead atoms. The number of carbonyl (C=O) groups excluding carboxylic acids is 2. The molecule has 0 radical (unpaired) electrons. The van der Waals surface area contributed by atoms with Gasteiger partial charge in [0.25, 0.3) is 6.29 Å². The molecule has 0 aromatic carbocycles. The van der Waals surface area contributed by atoms with E-state index >= 15 is 0 Å². The lowest BCUT2D eigenvalue weighted by molar-refractivity contribution is -0.152. The van der Waals surface area contributed by atoms with Crippen LogP contribution in [0, 0.1) is 23.2 Å². The van der Waals surface area contributed by atoms with Gasteiger partial charge in [0.2, 0.25) is 0 Å². The summed E-state index contributed by atoms with van der Waals surface area (Å²) in [6.45, 7) is 1.67. The van der Waals surface area contributed by atoms with E-state index in [0.717, 1.165) is 17.8 Å². The molecule has 0 aromatic heterocycles. The highest BCUT2D eigenvalue weighted by atomic mass is 16.7. The molecule has 1 aliphatic heterocycles. The average molecular weight is 358 g/mol. The normalized spacial score (nSPS) is 38.5. The van der Waals surface area contributed by atoms with E-state index in [4.69, 9.17) is 14.2 Å². The third kappa shape index (κ3) is 3.31. The molecule has 0 spiro atoms. The summed E-state index contributed by atoms with van der Waals surface area (Å²) >= 11 is 0. The number of esters is 2. The van der Waals surface area contributed by atoms with Gasteiger partial charge in [-0.15, -0.1) is 0 Å². The van der Waals surface area contributed by atoms with Gasteiger partial charge < -0.3 is 14.2 Å². The van der Waals surface area contributed by atoms with Gasteiger partial charge in [0.1, 0.15) is 6.26 Å². The van der Waals surface area contributed by atoms with Crippen molar-refractivity contribution < 1.29 is 23.8 Å². The number of carbonyl (C=O) groups is 2. The number of allylic oxidation sites excluding steroid dienone is 1. The third-order valence-electron chi connectivity index (χ3n) is 6.38. The highest BCUT2D eigenvalue weighted by Crippen LogP contribution is 2.60. The lowest BCUT2D eigenvalue weighted by Gasteiger charge is -2.55. The van der Waals surface area contributed by atoms with Crippen molar-refractivity contribution in [2.24, 2.45) is 23.2 Å². The van der Waals surface area contributed by atoms with Crippen molar-refractivity contribution in [2.45, 2.75) is 51.7 Å². The molecule has 5 heteroatoms. The molecule has 5 aliphatic rings. The Labute approximate surface area is 154 Å². The fourth-order valence-corrected chi connectivity index (χ4v) is 5.63. The van der Waals surface area contributed by atoms with E-state index in [-0.39, 0.29) is 5.41 Å². The third-order valence-corrected chi connectivity index (χ3v) is 6.38. The molecular weight excluding hydrogens is 332 g/mol. The highest BCUT2D eigenvalue weighted by molar-refractivity contribution is 5.91. The highest BCUT2D eigenvalue weighted by Gasteiger charge is 2.49. The molecule has 140 valence electrons. The molecule has 0 amide bonds. The Morgan fingerprint density at radius 3 is 2.31 bits per heavy atom. The predicted octanol–water partition coefficient (Wildman–Crippen LogP) is 3.66. The molecule has 1 atom stereocenters. The second kappa shape index (κ2) is 6.60. The minimum Gasteiger partial charge on any atom is -0.465 e. The molecule has 0 saturated heterocycles. The summed E-state index contributed by atoms with van der Waals surface area (Å²) in [4.78, 5) is 23.5. The first kappa shape index (κ1) is 17.4. The van der Waals surface area contributed by atoms with Gasteiger partial charge in [0.05, 0.1) is 12.7 Å². The summed E-state index contributed by atoms with van der Waals surface area (Å²) in [5.41, 5.74) is 1.07. The van der Waals surface area contributed by atoms with Gasteiger partial charge in [-0.25, -0.2) is 9.59 Å². The number of hydrogen-bond acceptors (Lipinski definition) is 5. The van der Waals surface area contributed by atoms with Crippen LogP contribution in [0.3, 0.4) is 0 Å². The number of rotatable bonds is 5. The second-order valence-electron chi connectivity index (χ2n) is 8.44. The fraction of sp³-hybridized carbons (Fsp3) is 0.619. The number of cyclic esters (lactones) is 1. The van der Waals surface area contributed by atoms with Crippen LogP contribution in [-0.4, -0.2) is 25.3 Å². The largest absolute Gasteiger partial charge is 0.465 e. The Morgan fingerprint density at radius 1 is 1.19 bits per heavy atom. The molecule has 1 unspecified atom stereocenters. The van der Waals surface area contributed by atoms with Crippen LogP contribution in [0.15, 0.2) is 35.6 Å². The summed E-state index contributed by atoms with van der Waals surface area (Å²) in [6.07, 6.45) is 14.0. The van der Waals surface area contributed by atoms with E-state index in [1.807, 2.05) is 6.08 Å². The number of hydrogen-bond donors (Lipinski definition) is 0. The lowest BCUT2D eigenvalue weighted by atomic mass is 9.49. The minimum atomic E-state index is -0.782. The van der Waals surface area contributed by atoms with Gasteiger partial charge in [0, 0.05) is 11.6 Å². The lowest BCUT2D eigenvalue weighted by Crippen LogP contribution is -2.45. The van der Waals surface area contributed by atoms with Crippen molar-refractivity contribution in [1.29, 1.82) is 0 Å². The summed E-state index contributed by atoms with van der Waals surface area (Å²) in [6, 6.07) is 0. The Kier molecular flexibility index (Phi) is 4.41. The SMILES string of the molecule is COC(=O)C(/C=C/C12CC3CC(CC(C3)C1)C2)=C/OC1C=C(C)C(=O)O1. The van der Waals surface area contributed by atoms with Crippen LogP contribution in [0.1, 0.15) is 45.4 Å². The van der Waals surface area contributed by atoms with Crippen molar-refractivity contribution in [3.05, 3.63) is 35.6 Å². The maximum Gasteiger partial charge on any atom is 0.340 e. The molecule has 4 saturated carbocycles. The van der Waals surface area contributed by atoms with Gasteiger partial charge in [-0.05, 0) is 74.7 Å². The molecule has 5 nitrogen and oxygen atoms in total. The van der Waals surface area contributed by atoms with Gasteiger partial charge >= 0.3 is 11.9 Å². The van der Waals surface area contributed by atoms with Crippen LogP contribution in [0.5, 0.6) is 0 Å². The Hall–Kier alpha value is -2.04. The Bertz CT molecular complexity index is 664. The molecule has 1 heterocycles. The Balaban J connectivity index is 1.49. The Morgan fingerprint density at radius 2 is 1.81 bits per heavy atom. The molecule has 4 fully saturated rings. The first-order valence-electron chi connectivity index (χ1n) is 9.49. The summed E-state index contributed by atoms with van der Waals surface area (Å²) < 4.78 is 15.4. The molecule has 5 rings (SSSR count). The average Bonchev–Trinajstić information content (AvgIpc) is 2.91. The van der Waals surface area contributed by atoms with Gasteiger partial charge in [-0.1, -0.05) is 6.08 Å². The quantitative estimate of drug-likeness (QED) is 0.325. The first-order chi connectivity index (χ1) is 12.5. The maximum atomic E-state index is 12.1. The minimum absolute atomic E-state index is 0.220. The van der Waals surface area contributed by atoms with Gasteiger partial charge in [-0.3, -0.25) is 0 Å². The molecule has 26 heavy (non-hydrogen) atoms. The van der Waals surface area contributed by atoms with Crippen molar-refractivity contribution in [1.82, 2.24) is 0 Å².